The number of nitrogens with zero attached hydrogens (tertiary/aromatic N) is 5. The smallest absolute Gasteiger partial charge is 0.271 e. The Bertz CT molecular complexity index is 1530. The molecule has 0 bridgehead atoms. The molecule has 7 nitrogen and oxygen atoms in total. The lowest BCUT2D eigenvalue weighted by Crippen LogP contribution is -2.17. The van der Waals surface area contributed by atoms with Crippen molar-refractivity contribution in [3.8, 4) is 16.9 Å². The van der Waals surface area contributed by atoms with Crippen LogP contribution in [0.15, 0.2) is 84.1 Å². The summed E-state index contributed by atoms with van der Waals surface area (Å²) in [7, 11) is 0. The summed E-state index contributed by atoms with van der Waals surface area (Å²) in [5.74, 6) is 0.238. The highest BCUT2D eigenvalue weighted by Gasteiger charge is 2.13. The molecule has 2 aromatic heterocycles. The fourth-order valence-electron chi connectivity index (χ4n) is 4.04. The van der Waals surface area contributed by atoms with Crippen molar-refractivity contribution in [2.24, 2.45) is 5.10 Å². The second-order valence-electron chi connectivity index (χ2n) is 8.03. The summed E-state index contributed by atoms with van der Waals surface area (Å²) in [4.78, 5) is 17.3. The van der Waals surface area contributed by atoms with Gasteiger partial charge in [0.2, 0.25) is 0 Å². The second-order valence-corrected chi connectivity index (χ2v) is 8.03. The lowest BCUT2D eigenvalue weighted by molar-refractivity contribution is 0.0955. The quantitative estimate of drug-likeness (QED) is 0.279. The standard InChI is InChI=1S/C27H23FN6O/c1-3-33-18(2)30-24-15-20(11-14-25(24)33)27(35)31-29-16-21-17-34(23-7-5-4-6-8-23)32-26(21)19-9-12-22(28)13-10-19/h4-17H,3H2,1-2H3,(H,31,35). The molecule has 0 unspecified atom stereocenters. The van der Waals surface area contributed by atoms with Gasteiger partial charge < -0.3 is 4.57 Å². The highest BCUT2D eigenvalue weighted by atomic mass is 19.1. The van der Waals surface area contributed by atoms with Gasteiger partial charge in [0.25, 0.3) is 5.91 Å². The van der Waals surface area contributed by atoms with Crippen molar-refractivity contribution < 1.29 is 9.18 Å². The van der Waals surface area contributed by atoms with E-state index >= 15 is 0 Å². The Kier molecular flexibility index (Phi) is 5.93. The molecule has 1 amide bonds. The SMILES string of the molecule is CCn1c(C)nc2cc(C(=O)NN=Cc3cn(-c4ccccc4)nc3-c3ccc(F)cc3)ccc21. The summed E-state index contributed by atoms with van der Waals surface area (Å²) in [5, 5.41) is 8.84. The van der Waals surface area contributed by atoms with Crippen LogP contribution in [0, 0.1) is 12.7 Å². The van der Waals surface area contributed by atoms with Crippen LogP contribution in [0.3, 0.4) is 0 Å². The number of nitrogens with one attached hydrogen (secondary N) is 1. The first-order chi connectivity index (χ1) is 17.0. The molecule has 0 aliphatic rings. The number of amides is 1. The Morgan fingerprint density at radius 2 is 1.86 bits per heavy atom. The van der Waals surface area contributed by atoms with Crippen molar-refractivity contribution in [2.45, 2.75) is 20.4 Å². The van der Waals surface area contributed by atoms with E-state index < -0.39 is 0 Å². The number of carbonyl (C=O) groups is 1. The number of aromatic nitrogens is 4. The zero-order chi connectivity index (χ0) is 24.4. The number of aryl methyl sites for hydroxylation is 2. The first-order valence-corrected chi connectivity index (χ1v) is 11.2. The fraction of sp³-hybridized carbons (Fsp3) is 0.111. The van der Waals surface area contributed by atoms with Crippen LogP contribution in [0.1, 0.15) is 28.7 Å². The Morgan fingerprint density at radius 3 is 2.60 bits per heavy atom. The van der Waals surface area contributed by atoms with Crippen LogP contribution in [-0.2, 0) is 6.54 Å². The van der Waals surface area contributed by atoms with E-state index in [0.29, 0.717) is 16.8 Å². The number of halogens is 1. The van der Waals surface area contributed by atoms with Gasteiger partial charge in [-0.1, -0.05) is 18.2 Å². The van der Waals surface area contributed by atoms with Crippen molar-refractivity contribution in [1.82, 2.24) is 24.8 Å². The normalized spacial score (nSPS) is 11.4. The Balaban J connectivity index is 1.42. The zero-order valence-corrected chi connectivity index (χ0v) is 19.3. The first-order valence-electron chi connectivity index (χ1n) is 11.2. The summed E-state index contributed by atoms with van der Waals surface area (Å²) < 4.78 is 17.3. The van der Waals surface area contributed by atoms with Crippen molar-refractivity contribution in [2.75, 3.05) is 0 Å². The van der Waals surface area contributed by atoms with Gasteiger partial charge in [-0.2, -0.15) is 10.2 Å². The molecule has 3 aromatic carbocycles. The van der Waals surface area contributed by atoms with Crippen LogP contribution < -0.4 is 5.43 Å². The minimum atomic E-state index is -0.342. The van der Waals surface area contributed by atoms with Gasteiger partial charge in [-0.05, 0) is 68.4 Å². The molecule has 0 fully saturated rings. The molecule has 174 valence electrons. The van der Waals surface area contributed by atoms with Gasteiger partial charge >= 0.3 is 0 Å². The van der Waals surface area contributed by atoms with E-state index in [-0.39, 0.29) is 11.7 Å². The molecular weight excluding hydrogens is 443 g/mol. The van der Waals surface area contributed by atoms with Crippen LogP contribution in [0.5, 0.6) is 0 Å². The molecule has 0 saturated carbocycles. The molecule has 5 rings (SSSR count). The molecule has 5 aromatic rings. The van der Waals surface area contributed by atoms with Crippen LogP contribution in [0.25, 0.3) is 28.0 Å². The summed E-state index contributed by atoms with van der Waals surface area (Å²) in [6.45, 7) is 4.82. The van der Waals surface area contributed by atoms with Gasteiger partial charge in [0, 0.05) is 29.4 Å². The fourth-order valence-corrected chi connectivity index (χ4v) is 4.04. The van der Waals surface area contributed by atoms with E-state index in [4.69, 9.17) is 0 Å². The maximum Gasteiger partial charge on any atom is 0.271 e. The molecule has 2 heterocycles. The van der Waals surface area contributed by atoms with Gasteiger partial charge in [0.1, 0.15) is 17.3 Å². The average molecular weight is 467 g/mol. The number of rotatable bonds is 6. The van der Waals surface area contributed by atoms with E-state index in [1.165, 1.54) is 18.3 Å². The van der Waals surface area contributed by atoms with Gasteiger partial charge in [0.05, 0.1) is 22.9 Å². The third-order valence-corrected chi connectivity index (χ3v) is 5.77. The second kappa shape index (κ2) is 9.34. The number of imidazole rings is 1. The van der Waals surface area contributed by atoms with Crippen molar-refractivity contribution in [1.29, 1.82) is 0 Å². The van der Waals surface area contributed by atoms with Crippen LogP contribution in [-0.4, -0.2) is 31.5 Å². The highest BCUT2D eigenvalue weighted by Crippen LogP contribution is 2.23. The minimum absolute atomic E-state index is 0.324. The van der Waals surface area contributed by atoms with E-state index in [1.54, 1.807) is 28.9 Å². The maximum absolute atomic E-state index is 13.5. The largest absolute Gasteiger partial charge is 0.329 e. The Labute approximate surface area is 201 Å². The average Bonchev–Trinajstić information content (AvgIpc) is 3.44. The number of para-hydroxylation sites is 1. The molecular formula is C27H23FN6O. The van der Waals surface area contributed by atoms with Gasteiger partial charge in [0.15, 0.2) is 0 Å². The first kappa shape index (κ1) is 22.2. The van der Waals surface area contributed by atoms with Crippen molar-refractivity contribution in [3.05, 3.63) is 102 Å². The Morgan fingerprint density at radius 1 is 1.09 bits per heavy atom. The summed E-state index contributed by atoms with van der Waals surface area (Å²) in [6, 6.07) is 21.2. The summed E-state index contributed by atoms with van der Waals surface area (Å²) in [5.41, 5.74) is 7.71. The number of fused-ring (bicyclic) bond motifs is 1. The van der Waals surface area contributed by atoms with Gasteiger partial charge in [-0.25, -0.2) is 19.5 Å². The molecule has 8 heteroatoms. The molecule has 1 N–H and O–H groups in total. The predicted octanol–water partition coefficient (Wildman–Crippen LogP) is 5.12. The molecule has 0 aliphatic carbocycles. The molecule has 0 saturated heterocycles. The molecule has 0 aliphatic heterocycles. The lowest BCUT2D eigenvalue weighted by Gasteiger charge is -2.03. The number of hydrogen-bond donors (Lipinski definition) is 1. The number of carbonyl (C=O) groups excluding carboxylic acids is 1. The van der Waals surface area contributed by atoms with Crippen LogP contribution in [0.4, 0.5) is 4.39 Å². The summed E-state index contributed by atoms with van der Waals surface area (Å²) >= 11 is 0. The van der Waals surface area contributed by atoms with Crippen LogP contribution >= 0.6 is 0 Å². The minimum Gasteiger partial charge on any atom is -0.329 e. The van der Waals surface area contributed by atoms with Crippen molar-refractivity contribution in [3.63, 3.8) is 0 Å². The Hall–Kier alpha value is -4.59. The molecule has 0 radical (unpaired) electrons. The molecule has 0 spiro atoms. The van der Waals surface area contributed by atoms with E-state index in [2.05, 4.69) is 32.1 Å². The lowest BCUT2D eigenvalue weighted by atomic mass is 10.1. The van der Waals surface area contributed by atoms with E-state index in [1.807, 2.05) is 49.5 Å². The maximum atomic E-state index is 13.5. The molecule has 35 heavy (non-hydrogen) atoms. The molecule has 0 atom stereocenters. The topological polar surface area (TPSA) is 77.1 Å². The number of benzene rings is 3. The highest BCUT2D eigenvalue weighted by molar-refractivity contribution is 5.98. The zero-order valence-electron chi connectivity index (χ0n) is 19.3. The van der Waals surface area contributed by atoms with Gasteiger partial charge in [-0.3, -0.25) is 4.79 Å². The van der Waals surface area contributed by atoms with Crippen molar-refractivity contribution >= 4 is 23.2 Å². The van der Waals surface area contributed by atoms with Crippen LogP contribution in [0.2, 0.25) is 0 Å². The predicted molar refractivity (Wildman–Crippen MR) is 134 cm³/mol. The third-order valence-electron chi connectivity index (χ3n) is 5.77. The van der Waals surface area contributed by atoms with Gasteiger partial charge in [-0.15, -0.1) is 0 Å². The number of hydrazone groups is 1. The number of hydrogen-bond acceptors (Lipinski definition) is 4. The summed E-state index contributed by atoms with van der Waals surface area (Å²) in [6.07, 6.45) is 3.35. The third kappa shape index (κ3) is 4.46. The monoisotopic (exact) mass is 466 g/mol. The van der Waals surface area contributed by atoms with E-state index in [0.717, 1.165) is 34.7 Å². The van der Waals surface area contributed by atoms with E-state index in [9.17, 15) is 9.18 Å².